The van der Waals surface area contributed by atoms with E-state index in [-0.39, 0.29) is 16.2 Å². The molecule has 0 aromatic heterocycles. The first-order valence-corrected chi connectivity index (χ1v) is 21.2. The highest BCUT2D eigenvalue weighted by molar-refractivity contribution is 5.96. The van der Waals surface area contributed by atoms with Crippen molar-refractivity contribution >= 4 is 17.1 Å². The second kappa shape index (κ2) is 12.1. The Morgan fingerprint density at radius 2 is 1.00 bits per heavy atom. The Bertz CT molecular complexity index is 2360. The zero-order valence-electron chi connectivity index (χ0n) is 33.0. The van der Waals surface area contributed by atoms with E-state index in [1.807, 2.05) is 0 Å². The van der Waals surface area contributed by atoms with E-state index < -0.39 is 0 Å². The first-order valence-electron chi connectivity index (χ1n) is 21.2. The van der Waals surface area contributed by atoms with E-state index in [0.29, 0.717) is 0 Å². The van der Waals surface area contributed by atoms with E-state index in [4.69, 9.17) is 0 Å². The molecule has 0 N–H and O–H groups in total. The van der Waals surface area contributed by atoms with Crippen molar-refractivity contribution in [1.82, 2.24) is 0 Å². The summed E-state index contributed by atoms with van der Waals surface area (Å²) in [7, 11) is 0. The molecule has 4 saturated carbocycles. The molecule has 4 fully saturated rings. The smallest absolute Gasteiger partial charge is 0.0543 e. The number of hydrogen-bond donors (Lipinski definition) is 0. The molecule has 4 bridgehead atoms. The minimum absolute atomic E-state index is 0.100. The average Bonchev–Trinajstić information content (AvgIpc) is 3.50. The van der Waals surface area contributed by atoms with Crippen LogP contribution in [0.1, 0.15) is 94.9 Å². The Morgan fingerprint density at radius 3 is 1.64 bits per heavy atom. The maximum Gasteiger partial charge on any atom is 0.0543 e. The Kier molecular flexibility index (Phi) is 7.34. The van der Waals surface area contributed by atoms with Gasteiger partial charge in [-0.25, -0.2) is 0 Å². The monoisotopic (exact) mass is 715 g/mol. The highest BCUT2D eigenvalue weighted by Gasteiger charge is 2.62. The molecule has 6 aromatic carbocycles. The van der Waals surface area contributed by atoms with Crippen LogP contribution in [0.5, 0.6) is 0 Å². The highest BCUT2D eigenvalue weighted by Crippen LogP contribution is 2.70. The van der Waals surface area contributed by atoms with Gasteiger partial charge in [-0.05, 0) is 166 Å². The zero-order chi connectivity index (χ0) is 37.1. The van der Waals surface area contributed by atoms with Gasteiger partial charge in [-0.15, -0.1) is 0 Å². The average molecular weight is 716 g/mol. The lowest BCUT2D eigenvalue weighted by Gasteiger charge is -2.61. The van der Waals surface area contributed by atoms with E-state index in [0.717, 1.165) is 23.7 Å². The summed E-state index contributed by atoms with van der Waals surface area (Å²) < 4.78 is 0. The Hall–Kier alpha value is -4.88. The van der Waals surface area contributed by atoms with Crippen LogP contribution in [0.25, 0.3) is 33.4 Å². The van der Waals surface area contributed by atoms with Crippen LogP contribution >= 0.6 is 0 Å². The summed E-state index contributed by atoms with van der Waals surface area (Å²) in [4.78, 5) is 2.65. The molecule has 274 valence electrons. The molecular formula is C54H53N. The fraction of sp³-hybridized carbons (Fsp3) is 0.333. The van der Waals surface area contributed by atoms with Gasteiger partial charge in [-0.3, -0.25) is 0 Å². The molecule has 0 heterocycles. The zero-order valence-corrected chi connectivity index (χ0v) is 33.0. The van der Waals surface area contributed by atoms with Gasteiger partial charge in [0.2, 0.25) is 0 Å². The first kappa shape index (κ1) is 33.5. The lowest BCUT2D eigenvalue weighted by atomic mass is 9.43. The fourth-order valence-electron chi connectivity index (χ4n) is 12.8. The number of benzene rings is 6. The normalized spacial score (nSPS) is 26.0. The Morgan fingerprint density at radius 1 is 0.436 bits per heavy atom. The molecule has 6 aliphatic carbocycles. The van der Waals surface area contributed by atoms with Gasteiger partial charge in [0.25, 0.3) is 0 Å². The van der Waals surface area contributed by atoms with Crippen LogP contribution in [0, 0.1) is 23.7 Å². The fourth-order valence-corrected chi connectivity index (χ4v) is 12.8. The van der Waals surface area contributed by atoms with E-state index >= 15 is 0 Å². The maximum absolute atomic E-state index is 2.65. The predicted molar refractivity (Wildman–Crippen MR) is 231 cm³/mol. The van der Waals surface area contributed by atoms with Gasteiger partial charge in [-0.1, -0.05) is 131 Å². The molecule has 0 radical (unpaired) electrons. The molecule has 1 spiro atoms. The first-order chi connectivity index (χ1) is 26.7. The van der Waals surface area contributed by atoms with Crippen LogP contribution in [0.2, 0.25) is 0 Å². The quantitative estimate of drug-likeness (QED) is 0.172. The molecule has 0 unspecified atom stereocenters. The second-order valence-electron chi connectivity index (χ2n) is 19.3. The van der Waals surface area contributed by atoms with Crippen LogP contribution in [0.3, 0.4) is 0 Å². The van der Waals surface area contributed by atoms with Crippen LogP contribution in [0.15, 0.2) is 140 Å². The van der Waals surface area contributed by atoms with Crippen molar-refractivity contribution in [3.05, 3.63) is 162 Å². The molecular weight excluding hydrogens is 663 g/mol. The minimum Gasteiger partial charge on any atom is -0.310 e. The number of rotatable bonds is 5. The van der Waals surface area contributed by atoms with Gasteiger partial charge in [0.05, 0.1) is 5.69 Å². The van der Waals surface area contributed by atoms with Crippen molar-refractivity contribution in [2.24, 2.45) is 23.7 Å². The van der Waals surface area contributed by atoms with Gasteiger partial charge >= 0.3 is 0 Å². The van der Waals surface area contributed by atoms with E-state index in [1.54, 1.807) is 11.1 Å². The topological polar surface area (TPSA) is 3.24 Å². The molecule has 6 aliphatic rings. The number of hydrogen-bond acceptors (Lipinski definition) is 1. The third kappa shape index (κ3) is 4.97. The van der Waals surface area contributed by atoms with E-state index in [9.17, 15) is 0 Å². The summed E-state index contributed by atoms with van der Waals surface area (Å²) in [6.07, 6.45) is 9.45. The molecule has 0 amide bonds. The Labute approximate surface area is 328 Å². The van der Waals surface area contributed by atoms with Crippen molar-refractivity contribution in [3.8, 4) is 33.4 Å². The van der Waals surface area contributed by atoms with Crippen molar-refractivity contribution in [3.63, 3.8) is 0 Å². The lowest BCUT2D eigenvalue weighted by Crippen LogP contribution is -2.55. The number of nitrogens with zero attached hydrogens (tertiary/aromatic N) is 1. The summed E-state index contributed by atoms with van der Waals surface area (Å²) >= 11 is 0. The van der Waals surface area contributed by atoms with Gasteiger partial charge in [0.1, 0.15) is 0 Å². The van der Waals surface area contributed by atoms with Crippen molar-refractivity contribution < 1.29 is 0 Å². The molecule has 55 heavy (non-hydrogen) atoms. The lowest BCUT2D eigenvalue weighted by molar-refractivity contribution is -0.0399. The number of anilines is 3. The molecule has 1 heteroatoms. The highest BCUT2D eigenvalue weighted by atomic mass is 15.1. The van der Waals surface area contributed by atoms with Gasteiger partial charge in [0.15, 0.2) is 0 Å². The predicted octanol–water partition coefficient (Wildman–Crippen LogP) is 14.6. The molecule has 0 saturated heterocycles. The molecule has 0 atom stereocenters. The van der Waals surface area contributed by atoms with Crippen LogP contribution in [0.4, 0.5) is 17.1 Å². The third-order valence-electron chi connectivity index (χ3n) is 15.3. The summed E-state index contributed by atoms with van der Waals surface area (Å²) in [5, 5.41) is 0. The van der Waals surface area contributed by atoms with E-state index in [1.165, 1.54) is 107 Å². The van der Waals surface area contributed by atoms with Crippen LogP contribution in [-0.4, -0.2) is 0 Å². The van der Waals surface area contributed by atoms with E-state index in [2.05, 4.69) is 172 Å². The van der Waals surface area contributed by atoms with Gasteiger partial charge in [-0.2, -0.15) is 0 Å². The number of fused-ring (bicyclic) bond motifs is 4. The largest absolute Gasteiger partial charge is 0.310 e. The maximum atomic E-state index is 2.65. The summed E-state index contributed by atoms with van der Waals surface area (Å²) in [5.74, 6) is 3.30. The standard InChI is InChI=1S/C54H53N/c1-52(2)24-25-53(3,4)49-34-43(22-23-47(49)52)55(44-32-39(37-14-7-5-8-15-37)31-40(33-44)38-16-9-6-10-17-38)50-21-13-20-48-51(50)45-18-11-12-19-46(45)54(48)41-27-35-26-36(29-41)30-42(54)28-35/h5-23,31-36,41-42H,24-30H2,1-4H3. The van der Waals surface area contributed by atoms with Crippen molar-refractivity contribution in [2.45, 2.75) is 88.9 Å². The third-order valence-corrected chi connectivity index (χ3v) is 15.3. The summed E-state index contributed by atoms with van der Waals surface area (Å²) in [6, 6.07) is 53.8. The molecule has 0 aliphatic heterocycles. The summed E-state index contributed by atoms with van der Waals surface area (Å²) in [6.45, 7) is 9.82. The minimum atomic E-state index is 0.100. The van der Waals surface area contributed by atoms with Crippen LogP contribution < -0.4 is 4.90 Å². The molecule has 6 aromatic rings. The van der Waals surface area contributed by atoms with Gasteiger partial charge in [0, 0.05) is 22.4 Å². The molecule has 12 rings (SSSR count). The van der Waals surface area contributed by atoms with Crippen LogP contribution in [-0.2, 0) is 16.2 Å². The SMILES string of the molecule is CC1(C)CCC(C)(C)c2cc(N(c3cc(-c4ccccc4)cc(-c4ccccc4)c3)c3cccc4c3-c3ccccc3C43C4CC5CC(C4)CC3C5)ccc21. The molecule has 1 nitrogen and oxygen atoms in total. The van der Waals surface area contributed by atoms with Crippen molar-refractivity contribution in [1.29, 1.82) is 0 Å². The van der Waals surface area contributed by atoms with Gasteiger partial charge < -0.3 is 4.90 Å². The second-order valence-corrected chi connectivity index (χ2v) is 19.3. The van der Waals surface area contributed by atoms with Crippen molar-refractivity contribution in [2.75, 3.05) is 4.90 Å². The Balaban J connectivity index is 1.20. The summed E-state index contributed by atoms with van der Waals surface area (Å²) in [5.41, 5.74) is 18.3.